The molecule has 3 aromatic rings. The number of rotatable bonds is 19. The Kier molecular flexibility index (Phi) is 14.4. The summed E-state index contributed by atoms with van der Waals surface area (Å²) in [4.78, 5) is 12.8. The first kappa shape index (κ1) is 31.2. The summed E-state index contributed by atoms with van der Waals surface area (Å²) in [6, 6.07) is 13.6. The third kappa shape index (κ3) is 11.7. The van der Waals surface area contributed by atoms with Crippen LogP contribution < -0.4 is 14.6 Å². The summed E-state index contributed by atoms with van der Waals surface area (Å²) >= 11 is 8.19. The molecule has 4 nitrogen and oxygen atoms in total. The van der Waals surface area contributed by atoms with Gasteiger partial charge in [0.05, 0.1) is 24.1 Å². The van der Waals surface area contributed by atoms with E-state index < -0.39 is 0 Å². The maximum Gasteiger partial charge on any atom is 0.228 e. The first-order chi connectivity index (χ1) is 19.1. The van der Waals surface area contributed by atoms with Crippen molar-refractivity contribution >= 4 is 34.5 Å². The van der Waals surface area contributed by atoms with Crippen molar-refractivity contribution in [3.05, 3.63) is 75.2 Å². The molecule has 0 saturated carbocycles. The van der Waals surface area contributed by atoms with Crippen molar-refractivity contribution in [1.29, 1.82) is 0 Å². The number of hydrogen-bond acceptors (Lipinski definition) is 3. The average Bonchev–Trinajstić information content (AvgIpc) is 3.33. The van der Waals surface area contributed by atoms with Crippen molar-refractivity contribution < 1.29 is 14.1 Å². The van der Waals surface area contributed by atoms with Crippen LogP contribution in [0.1, 0.15) is 101 Å². The molecule has 6 heteroatoms. The van der Waals surface area contributed by atoms with E-state index in [4.69, 9.17) is 16.3 Å². The highest BCUT2D eigenvalue weighted by Gasteiger charge is 2.14. The summed E-state index contributed by atoms with van der Waals surface area (Å²) in [5.41, 5.74) is 6.00. The quantitative estimate of drug-likeness (QED) is 0.115. The van der Waals surface area contributed by atoms with Crippen LogP contribution in [0.4, 0.5) is 5.69 Å². The molecule has 1 aromatic heterocycles. The Hall–Kier alpha value is -2.37. The highest BCUT2D eigenvalue weighted by molar-refractivity contribution is 7.07. The van der Waals surface area contributed by atoms with Gasteiger partial charge in [0.25, 0.3) is 0 Å². The van der Waals surface area contributed by atoms with Gasteiger partial charge in [0, 0.05) is 17.5 Å². The van der Waals surface area contributed by atoms with Crippen molar-refractivity contribution in [2.75, 3.05) is 11.9 Å². The van der Waals surface area contributed by atoms with Gasteiger partial charge < -0.3 is 10.1 Å². The number of nitrogens with one attached hydrogen (secondary N) is 1. The Balaban J connectivity index is 1.33. The van der Waals surface area contributed by atoms with Crippen LogP contribution in [0.2, 0.25) is 5.02 Å². The van der Waals surface area contributed by atoms with E-state index in [1.165, 1.54) is 76.3 Å². The number of aromatic nitrogens is 1. The second-order valence-electron chi connectivity index (χ2n) is 10.5. The summed E-state index contributed by atoms with van der Waals surface area (Å²) in [5.74, 6) is 0.683. The van der Waals surface area contributed by atoms with Crippen LogP contribution in [0.25, 0.3) is 0 Å². The van der Waals surface area contributed by atoms with E-state index in [-0.39, 0.29) is 12.3 Å². The Morgan fingerprint density at radius 1 is 0.897 bits per heavy atom. The van der Waals surface area contributed by atoms with E-state index in [1.54, 1.807) is 11.3 Å². The molecular formula is C33H46ClN2O2S+. The number of hydrogen-bond donors (Lipinski definition) is 1. The van der Waals surface area contributed by atoms with Gasteiger partial charge in [-0.25, -0.2) is 0 Å². The molecule has 0 spiro atoms. The molecule has 212 valence electrons. The number of halogens is 1. The molecule has 39 heavy (non-hydrogen) atoms. The van der Waals surface area contributed by atoms with E-state index in [1.807, 2.05) is 36.4 Å². The van der Waals surface area contributed by atoms with Gasteiger partial charge in [0.1, 0.15) is 5.75 Å². The lowest BCUT2D eigenvalue weighted by Crippen LogP contribution is -2.34. The van der Waals surface area contributed by atoms with Crippen molar-refractivity contribution in [3.63, 3.8) is 0 Å². The Bertz CT molecular complexity index is 1130. The van der Waals surface area contributed by atoms with Crippen LogP contribution in [-0.4, -0.2) is 12.5 Å². The number of amides is 1. The van der Waals surface area contributed by atoms with E-state index in [9.17, 15) is 4.79 Å². The zero-order valence-electron chi connectivity index (χ0n) is 23.9. The largest absolute Gasteiger partial charge is 0.494 e. The molecule has 0 aliphatic rings. The van der Waals surface area contributed by atoms with Gasteiger partial charge >= 0.3 is 0 Å². The summed E-state index contributed by atoms with van der Waals surface area (Å²) in [5, 5.41) is 5.76. The van der Waals surface area contributed by atoms with Crippen LogP contribution >= 0.6 is 22.9 Å². The number of unbranched alkanes of at least 4 members (excludes halogenated alkanes) is 11. The topological polar surface area (TPSA) is 42.2 Å². The van der Waals surface area contributed by atoms with Gasteiger partial charge in [-0.1, -0.05) is 125 Å². The molecular weight excluding hydrogens is 524 g/mol. The second kappa shape index (κ2) is 18.1. The van der Waals surface area contributed by atoms with Crippen LogP contribution in [0.15, 0.2) is 53.4 Å². The van der Waals surface area contributed by atoms with E-state index in [0.29, 0.717) is 11.6 Å². The summed E-state index contributed by atoms with van der Waals surface area (Å²) in [6.07, 6.45) is 16.2. The summed E-state index contributed by atoms with van der Waals surface area (Å²) in [7, 11) is 0. The zero-order chi connectivity index (χ0) is 27.7. The predicted octanol–water partition coefficient (Wildman–Crippen LogP) is 9.31. The SMILES string of the molecule is CCCCCCCCCCCCCCOc1ccc(CC(=O)Nc2ccccc2C[n+]2cscc2C)c(Cl)c1. The number of carbonyl (C=O) groups excluding carboxylic acids is 1. The lowest BCUT2D eigenvalue weighted by atomic mass is 10.1. The first-order valence-electron chi connectivity index (χ1n) is 14.8. The number of anilines is 1. The minimum Gasteiger partial charge on any atom is -0.494 e. The number of benzene rings is 2. The third-order valence-electron chi connectivity index (χ3n) is 7.15. The fourth-order valence-electron chi connectivity index (χ4n) is 4.74. The average molecular weight is 570 g/mol. The molecule has 0 aliphatic heterocycles. The molecule has 1 heterocycles. The lowest BCUT2D eigenvalue weighted by Gasteiger charge is -2.11. The number of aryl methyl sites for hydroxylation is 1. The van der Waals surface area contributed by atoms with Gasteiger partial charge in [-0.05, 0) is 30.2 Å². The smallest absolute Gasteiger partial charge is 0.228 e. The predicted molar refractivity (Wildman–Crippen MR) is 165 cm³/mol. The minimum atomic E-state index is -0.0819. The van der Waals surface area contributed by atoms with Gasteiger partial charge in [-0.3, -0.25) is 4.79 Å². The van der Waals surface area contributed by atoms with E-state index >= 15 is 0 Å². The maximum absolute atomic E-state index is 12.8. The molecule has 3 rings (SSSR count). The molecule has 0 atom stereocenters. The number of ether oxygens (including phenoxy) is 1. The zero-order valence-corrected chi connectivity index (χ0v) is 25.4. The molecule has 0 fully saturated rings. The summed E-state index contributed by atoms with van der Waals surface area (Å²) < 4.78 is 8.11. The number of carbonyl (C=O) groups is 1. The van der Waals surface area contributed by atoms with E-state index in [0.717, 1.165) is 35.5 Å². The van der Waals surface area contributed by atoms with Gasteiger partial charge in [0.2, 0.25) is 11.4 Å². The molecule has 0 aliphatic carbocycles. The van der Waals surface area contributed by atoms with Crippen molar-refractivity contribution in [2.24, 2.45) is 0 Å². The normalized spacial score (nSPS) is 11.1. The fourth-order valence-corrected chi connectivity index (χ4v) is 5.76. The second-order valence-corrected chi connectivity index (χ2v) is 11.6. The van der Waals surface area contributed by atoms with Crippen molar-refractivity contribution in [2.45, 2.75) is 104 Å². The number of para-hydroxylation sites is 1. The lowest BCUT2D eigenvalue weighted by molar-refractivity contribution is -0.689. The minimum absolute atomic E-state index is 0.0819. The Morgan fingerprint density at radius 3 is 2.21 bits per heavy atom. The van der Waals surface area contributed by atoms with Gasteiger partial charge in [-0.15, -0.1) is 0 Å². The molecule has 2 aromatic carbocycles. The van der Waals surface area contributed by atoms with Crippen LogP contribution in [0, 0.1) is 6.92 Å². The third-order valence-corrected chi connectivity index (χ3v) is 8.36. The van der Waals surface area contributed by atoms with E-state index in [2.05, 4.69) is 40.7 Å². The molecule has 1 amide bonds. The van der Waals surface area contributed by atoms with Crippen LogP contribution in [0.3, 0.4) is 0 Å². The fraction of sp³-hybridized carbons (Fsp3) is 0.515. The molecule has 0 bridgehead atoms. The Morgan fingerprint density at radius 2 is 1.56 bits per heavy atom. The molecule has 0 saturated heterocycles. The molecule has 0 unspecified atom stereocenters. The highest BCUT2D eigenvalue weighted by Crippen LogP contribution is 2.24. The first-order valence-corrected chi connectivity index (χ1v) is 16.1. The Labute approximate surface area is 244 Å². The van der Waals surface area contributed by atoms with Crippen molar-refractivity contribution in [3.8, 4) is 5.75 Å². The molecule has 1 N–H and O–H groups in total. The van der Waals surface area contributed by atoms with Crippen LogP contribution in [-0.2, 0) is 17.8 Å². The number of nitrogens with zero attached hydrogens (tertiary/aromatic N) is 1. The number of thiazole rings is 1. The molecule has 0 radical (unpaired) electrons. The van der Waals surface area contributed by atoms with Crippen molar-refractivity contribution in [1.82, 2.24) is 0 Å². The maximum atomic E-state index is 12.8. The van der Waals surface area contributed by atoms with Crippen LogP contribution in [0.5, 0.6) is 5.75 Å². The monoisotopic (exact) mass is 569 g/mol. The van der Waals surface area contributed by atoms with Gasteiger partial charge in [0.15, 0.2) is 12.2 Å². The summed E-state index contributed by atoms with van der Waals surface area (Å²) in [6.45, 7) is 5.78. The van der Waals surface area contributed by atoms with Gasteiger partial charge in [-0.2, -0.15) is 4.57 Å². The standard InChI is InChI=1S/C33H45ClN2O2S/c1-3-4-5-6-7-8-9-10-11-12-13-16-21-38-30-20-19-28(31(34)23-30)22-33(37)35-32-18-15-14-17-29(32)24-36-26-39-25-27(36)2/h14-15,17-20,23,25-26H,3-13,16,21-22,24H2,1-2H3/p+1. The highest BCUT2D eigenvalue weighted by atomic mass is 35.5.